The standard InChI is InChI=1S/C29H26FN5O2/c1-36-29-23(9-5-13-31-29)34-24-17-26-28(18-25(24)32-20-11-14-37-15-12-20)35(21-7-4-6-19(30)16-21)27-10-3-2-8-22(27)33-26/h2-10,13,16-18,20,34H,11-12,14-15H2,1H3. The van der Waals surface area contributed by atoms with Crippen molar-refractivity contribution in [2.45, 2.75) is 18.9 Å². The molecule has 1 fully saturated rings. The van der Waals surface area contributed by atoms with Gasteiger partial charge in [-0.05, 0) is 67.4 Å². The summed E-state index contributed by atoms with van der Waals surface area (Å²) >= 11 is 0. The number of nitrogens with one attached hydrogen (secondary N) is 1. The van der Waals surface area contributed by atoms with Crippen LogP contribution in [0.1, 0.15) is 12.8 Å². The minimum absolute atomic E-state index is 0.138. The zero-order valence-corrected chi connectivity index (χ0v) is 20.4. The first-order valence-corrected chi connectivity index (χ1v) is 12.3. The molecule has 0 saturated carbocycles. The molecule has 3 aliphatic rings. The van der Waals surface area contributed by atoms with Crippen LogP contribution in [0.4, 0.5) is 15.8 Å². The molecule has 6 rings (SSSR count). The van der Waals surface area contributed by atoms with E-state index >= 15 is 0 Å². The minimum Gasteiger partial charge on any atom is -0.480 e. The summed E-state index contributed by atoms with van der Waals surface area (Å²) in [4.78, 5) is 14.4. The highest BCUT2D eigenvalue weighted by atomic mass is 19.1. The van der Waals surface area contributed by atoms with Crippen LogP contribution in [0.5, 0.6) is 5.88 Å². The van der Waals surface area contributed by atoms with Gasteiger partial charge in [-0.1, -0.05) is 18.2 Å². The number of fused-ring (bicyclic) bond motifs is 2. The third-order valence-electron chi connectivity index (χ3n) is 6.51. The Hall–Kier alpha value is -4.30. The molecule has 1 saturated heterocycles. The van der Waals surface area contributed by atoms with Gasteiger partial charge in [0, 0.05) is 25.1 Å². The van der Waals surface area contributed by atoms with E-state index in [-0.39, 0.29) is 11.9 Å². The number of hydrogen-bond acceptors (Lipinski definition) is 6. The zero-order chi connectivity index (χ0) is 25.2. The minimum atomic E-state index is -0.298. The Morgan fingerprint density at radius 1 is 1.00 bits per heavy atom. The lowest BCUT2D eigenvalue weighted by molar-refractivity contribution is 0.0864. The summed E-state index contributed by atoms with van der Waals surface area (Å²) in [6.07, 6.45) is 3.40. The number of pyridine rings is 1. The van der Waals surface area contributed by atoms with Crippen LogP contribution in [-0.4, -0.2) is 40.9 Å². The number of benzene rings is 3. The maximum absolute atomic E-state index is 14.3. The lowest BCUT2D eigenvalue weighted by Crippen LogP contribution is -2.23. The van der Waals surface area contributed by atoms with Gasteiger partial charge in [-0.15, -0.1) is 0 Å². The van der Waals surface area contributed by atoms with Gasteiger partial charge in [0.25, 0.3) is 0 Å². The summed E-state index contributed by atoms with van der Waals surface area (Å²) in [5, 5.41) is 4.25. The van der Waals surface area contributed by atoms with Crippen LogP contribution in [0, 0.1) is 5.82 Å². The molecule has 0 bridgehead atoms. The number of anilines is 2. The van der Waals surface area contributed by atoms with Gasteiger partial charge in [-0.2, -0.15) is 0 Å². The number of aromatic nitrogens is 3. The second kappa shape index (κ2) is 9.99. The van der Waals surface area contributed by atoms with Gasteiger partial charge in [0.2, 0.25) is 5.88 Å². The second-order valence-corrected chi connectivity index (χ2v) is 8.93. The summed E-state index contributed by atoms with van der Waals surface area (Å²) in [6, 6.07) is 22.4. The predicted octanol–water partition coefficient (Wildman–Crippen LogP) is 5.50. The van der Waals surface area contributed by atoms with Crippen LogP contribution in [0.3, 0.4) is 0 Å². The Morgan fingerprint density at radius 3 is 2.70 bits per heavy atom. The highest BCUT2D eigenvalue weighted by Crippen LogP contribution is 2.31. The van der Waals surface area contributed by atoms with Gasteiger partial charge in [0.05, 0.1) is 46.6 Å². The molecule has 186 valence electrons. The van der Waals surface area contributed by atoms with Crippen molar-refractivity contribution in [2.75, 3.05) is 25.6 Å². The van der Waals surface area contributed by atoms with E-state index < -0.39 is 0 Å². The molecule has 0 unspecified atom stereocenters. The van der Waals surface area contributed by atoms with E-state index in [0.717, 1.165) is 57.7 Å². The third-order valence-corrected chi connectivity index (χ3v) is 6.51. The van der Waals surface area contributed by atoms with E-state index in [0.29, 0.717) is 19.1 Å². The summed E-state index contributed by atoms with van der Waals surface area (Å²) in [6.45, 7) is 1.38. The van der Waals surface area contributed by atoms with Crippen LogP contribution < -0.4 is 15.4 Å². The molecule has 37 heavy (non-hydrogen) atoms. The van der Waals surface area contributed by atoms with Gasteiger partial charge in [-0.25, -0.2) is 14.4 Å². The van der Waals surface area contributed by atoms with E-state index in [2.05, 4.69) is 10.3 Å². The first kappa shape index (κ1) is 23.1. The molecule has 0 radical (unpaired) electrons. The number of halogens is 1. The fraction of sp³-hybridized carbons (Fsp3) is 0.207. The number of hydrogen-bond donors (Lipinski definition) is 1. The van der Waals surface area contributed by atoms with Crippen molar-refractivity contribution in [1.82, 2.24) is 14.5 Å². The first-order valence-electron chi connectivity index (χ1n) is 12.3. The van der Waals surface area contributed by atoms with E-state index in [1.54, 1.807) is 19.4 Å². The summed E-state index contributed by atoms with van der Waals surface area (Å²) in [5.74, 6) is 0.189. The van der Waals surface area contributed by atoms with Crippen molar-refractivity contribution in [3.8, 4) is 23.0 Å². The highest BCUT2D eigenvalue weighted by Gasteiger charge is 2.19. The monoisotopic (exact) mass is 495 g/mol. The molecule has 0 amide bonds. The highest BCUT2D eigenvalue weighted by molar-refractivity contribution is 5.84. The maximum atomic E-state index is 14.3. The molecule has 2 aromatic carbocycles. The summed E-state index contributed by atoms with van der Waals surface area (Å²) in [7, 11) is 1.59. The molecule has 1 aliphatic carbocycles. The van der Waals surface area contributed by atoms with Crippen molar-refractivity contribution >= 4 is 22.4 Å². The average Bonchev–Trinajstić information content (AvgIpc) is 2.93. The quantitative estimate of drug-likeness (QED) is 0.326. The van der Waals surface area contributed by atoms with Crippen LogP contribution in [-0.2, 0) is 4.74 Å². The van der Waals surface area contributed by atoms with Crippen LogP contribution >= 0.6 is 0 Å². The molecule has 8 heteroatoms. The molecule has 0 spiro atoms. The summed E-state index contributed by atoms with van der Waals surface area (Å²) < 4.78 is 27.4. The van der Waals surface area contributed by atoms with Gasteiger partial charge < -0.3 is 19.4 Å². The molecule has 3 aromatic rings. The number of ether oxygens (including phenoxy) is 2. The zero-order valence-electron chi connectivity index (χ0n) is 20.4. The van der Waals surface area contributed by atoms with Crippen molar-refractivity contribution in [3.05, 3.63) is 90.2 Å². The Balaban J connectivity index is 1.63. The second-order valence-electron chi connectivity index (χ2n) is 8.93. The lowest BCUT2D eigenvalue weighted by atomic mass is 10.1. The normalized spacial score (nSPS) is 14.8. The third kappa shape index (κ3) is 4.63. The Labute approximate surface area is 213 Å². The number of rotatable bonds is 5. The van der Waals surface area contributed by atoms with E-state index in [1.165, 1.54) is 12.1 Å². The van der Waals surface area contributed by atoms with Gasteiger partial charge >= 0.3 is 0 Å². The van der Waals surface area contributed by atoms with E-state index in [4.69, 9.17) is 19.5 Å². The largest absolute Gasteiger partial charge is 0.480 e. The van der Waals surface area contributed by atoms with Crippen molar-refractivity contribution in [2.24, 2.45) is 4.99 Å². The topological polar surface area (TPSA) is 73.6 Å². The molecular formula is C29H26FN5O2. The lowest BCUT2D eigenvalue weighted by Gasteiger charge is -2.22. The maximum Gasteiger partial charge on any atom is 0.237 e. The molecule has 1 aromatic heterocycles. The molecule has 3 heterocycles. The first-order chi connectivity index (χ1) is 18.2. The Kier molecular flexibility index (Phi) is 6.24. The number of nitrogens with zero attached hydrogens (tertiary/aromatic N) is 4. The smallest absolute Gasteiger partial charge is 0.237 e. The predicted molar refractivity (Wildman–Crippen MR) is 141 cm³/mol. The van der Waals surface area contributed by atoms with Gasteiger partial charge in [-0.3, -0.25) is 4.99 Å². The molecule has 7 nitrogen and oxygen atoms in total. The van der Waals surface area contributed by atoms with Crippen LogP contribution in [0.2, 0.25) is 0 Å². The van der Waals surface area contributed by atoms with Gasteiger partial charge in [0.1, 0.15) is 11.5 Å². The number of para-hydroxylation sites is 2. The van der Waals surface area contributed by atoms with E-state index in [9.17, 15) is 4.39 Å². The summed E-state index contributed by atoms with van der Waals surface area (Å²) in [5.41, 5.74) is 5.50. The molecule has 0 atom stereocenters. The molecular weight excluding hydrogens is 469 g/mol. The molecule has 1 N–H and O–H groups in total. The van der Waals surface area contributed by atoms with Crippen molar-refractivity contribution in [1.29, 1.82) is 0 Å². The Bertz CT molecular complexity index is 1610. The fourth-order valence-corrected chi connectivity index (χ4v) is 4.75. The number of methoxy groups -OCH3 is 1. The molecule has 2 aliphatic heterocycles. The van der Waals surface area contributed by atoms with Crippen molar-refractivity contribution in [3.63, 3.8) is 0 Å². The Morgan fingerprint density at radius 2 is 1.86 bits per heavy atom. The van der Waals surface area contributed by atoms with Crippen LogP contribution in [0.15, 0.2) is 84.0 Å². The van der Waals surface area contributed by atoms with Crippen molar-refractivity contribution < 1.29 is 13.9 Å². The van der Waals surface area contributed by atoms with Gasteiger partial charge in [0.15, 0.2) is 0 Å². The average molecular weight is 496 g/mol. The van der Waals surface area contributed by atoms with Crippen LogP contribution in [0.25, 0.3) is 28.1 Å². The van der Waals surface area contributed by atoms with E-state index in [1.807, 2.05) is 59.2 Å². The SMILES string of the molecule is COc1ncccc1Nc1cc2nc3ccccc3n(-c3cccc(F)c3)c-2cc1=NC1CCOCC1. The fourth-order valence-electron chi connectivity index (χ4n) is 4.75.